The van der Waals surface area contributed by atoms with Gasteiger partial charge in [-0.2, -0.15) is 0 Å². The van der Waals surface area contributed by atoms with Crippen molar-refractivity contribution in [2.24, 2.45) is 5.73 Å². The third kappa shape index (κ3) is 1.42. The van der Waals surface area contributed by atoms with Crippen LogP contribution < -0.4 is 11.1 Å². The third-order valence-corrected chi connectivity index (χ3v) is 2.39. The van der Waals surface area contributed by atoms with Crippen LogP contribution in [-0.2, 0) is 4.79 Å². The van der Waals surface area contributed by atoms with Crippen LogP contribution in [0.5, 0.6) is 0 Å². The Bertz CT molecular complexity index is 335. The van der Waals surface area contributed by atoms with Crippen molar-refractivity contribution in [3.05, 3.63) is 29.8 Å². The van der Waals surface area contributed by atoms with Crippen molar-refractivity contribution in [1.82, 2.24) is 0 Å². The van der Waals surface area contributed by atoms with E-state index in [1.54, 1.807) is 0 Å². The molecule has 1 aromatic rings. The van der Waals surface area contributed by atoms with Crippen LogP contribution in [0.1, 0.15) is 17.9 Å². The molecule has 2 rings (SSSR count). The van der Waals surface area contributed by atoms with Crippen LogP contribution in [0.4, 0.5) is 5.69 Å². The van der Waals surface area contributed by atoms with Crippen LogP contribution in [0.25, 0.3) is 0 Å². The monoisotopic (exact) mass is 176 g/mol. The standard InChI is InChI=1S/C10H12N2O/c11-6-7-5-10(13)12-9-4-2-1-3-8(7)9/h1-4,7H,5-6,11H2,(H,12,13). The fourth-order valence-electron chi connectivity index (χ4n) is 1.71. The SMILES string of the molecule is NCC1CC(=O)Nc2ccccc21. The van der Waals surface area contributed by atoms with Crippen molar-refractivity contribution in [3.63, 3.8) is 0 Å². The lowest BCUT2D eigenvalue weighted by Crippen LogP contribution is -2.26. The number of fused-ring (bicyclic) bond motifs is 1. The number of nitrogens with two attached hydrogens (primary N) is 1. The molecule has 1 aliphatic rings. The van der Waals surface area contributed by atoms with Gasteiger partial charge in [0.25, 0.3) is 0 Å². The predicted octanol–water partition coefficient (Wildman–Crippen LogP) is 1.07. The summed E-state index contributed by atoms with van der Waals surface area (Å²) in [4.78, 5) is 11.2. The lowest BCUT2D eigenvalue weighted by atomic mass is 9.91. The first-order chi connectivity index (χ1) is 6.31. The van der Waals surface area contributed by atoms with E-state index < -0.39 is 0 Å². The van der Waals surface area contributed by atoms with E-state index in [-0.39, 0.29) is 11.8 Å². The summed E-state index contributed by atoms with van der Waals surface area (Å²) >= 11 is 0. The molecule has 0 radical (unpaired) electrons. The maximum absolute atomic E-state index is 11.2. The molecule has 0 aromatic heterocycles. The lowest BCUT2D eigenvalue weighted by Gasteiger charge is -2.23. The number of hydrogen-bond donors (Lipinski definition) is 2. The van der Waals surface area contributed by atoms with Crippen LogP contribution in [0.15, 0.2) is 24.3 Å². The van der Waals surface area contributed by atoms with Crippen molar-refractivity contribution in [3.8, 4) is 0 Å². The number of amides is 1. The van der Waals surface area contributed by atoms with E-state index in [1.165, 1.54) is 0 Å². The Morgan fingerprint density at radius 1 is 1.46 bits per heavy atom. The number of hydrogen-bond acceptors (Lipinski definition) is 2. The van der Waals surface area contributed by atoms with Gasteiger partial charge in [-0.25, -0.2) is 0 Å². The largest absolute Gasteiger partial charge is 0.330 e. The first-order valence-electron chi connectivity index (χ1n) is 4.40. The van der Waals surface area contributed by atoms with E-state index in [4.69, 9.17) is 5.73 Å². The number of rotatable bonds is 1. The van der Waals surface area contributed by atoms with Crippen LogP contribution in [0.2, 0.25) is 0 Å². The summed E-state index contributed by atoms with van der Waals surface area (Å²) < 4.78 is 0. The molecule has 3 N–H and O–H groups in total. The second-order valence-corrected chi connectivity index (χ2v) is 3.27. The predicted molar refractivity (Wildman–Crippen MR) is 51.5 cm³/mol. The van der Waals surface area contributed by atoms with E-state index >= 15 is 0 Å². The first-order valence-corrected chi connectivity index (χ1v) is 4.40. The zero-order valence-corrected chi connectivity index (χ0v) is 7.29. The number of para-hydroxylation sites is 1. The molecule has 0 fully saturated rings. The molecule has 68 valence electrons. The summed E-state index contributed by atoms with van der Waals surface area (Å²) in [5.74, 6) is 0.249. The molecule has 1 atom stereocenters. The number of nitrogens with one attached hydrogen (secondary N) is 1. The highest BCUT2D eigenvalue weighted by Gasteiger charge is 2.22. The smallest absolute Gasteiger partial charge is 0.225 e. The van der Waals surface area contributed by atoms with Crippen molar-refractivity contribution < 1.29 is 4.79 Å². The summed E-state index contributed by atoms with van der Waals surface area (Å²) in [6, 6.07) is 7.82. The van der Waals surface area contributed by atoms with Crippen molar-refractivity contribution in [2.45, 2.75) is 12.3 Å². The Labute approximate surface area is 76.9 Å². The molecule has 0 saturated carbocycles. The summed E-state index contributed by atoms with van der Waals surface area (Å²) in [6.45, 7) is 0.532. The Morgan fingerprint density at radius 3 is 3.00 bits per heavy atom. The van der Waals surface area contributed by atoms with Gasteiger partial charge in [0.2, 0.25) is 5.91 Å². The Hall–Kier alpha value is -1.35. The molecular weight excluding hydrogens is 164 g/mol. The number of carbonyl (C=O) groups excluding carboxylic acids is 1. The maximum Gasteiger partial charge on any atom is 0.225 e. The van der Waals surface area contributed by atoms with Gasteiger partial charge < -0.3 is 11.1 Å². The number of carbonyl (C=O) groups is 1. The number of anilines is 1. The third-order valence-electron chi connectivity index (χ3n) is 2.39. The van der Waals surface area contributed by atoms with Gasteiger partial charge in [0.15, 0.2) is 0 Å². The highest BCUT2D eigenvalue weighted by Crippen LogP contribution is 2.30. The molecule has 3 heteroatoms. The van der Waals surface area contributed by atoms with Gasteiger partial charge in [-0.05, 0) is 18.2 Å². The zero-order valence-electron chi connectivity index (χ0n) is 7.29. The molecule has 1 heterocycles. The number of benzene rings is 1. The summed E-state index contributed by atoms with van der Waals surface area (Å²) in [5, 5.41) is 2.83. The average molecular weight is 176 g/mol. The maximum atomic E-state index is 11.2. The minimum atomic E-state index is 0.0640. The molecule has 1 aromatic carbocycles. The van der Waals surface area contributed by atoms with Crippen LogP contribution in [0, 0.1) is 0 Å². The van der Waals surface area contributed by atoms with Gasteiger partial charge in [0.1, 0.15) is 0 Å². The van der Waals surface area contributed by atoms with Gasteiger partial charge in [0, 0.05) is 18.0 Å². The van der Waals surface area contributed by atoms with Crippen molar-refractivity contribution >= 4 is 11.6 Å². The van der Waals surface area contributed by atoms with E-state index in [9.17, 15) is 4.79 Å². The second-order valence-electron chi connectivity index (χ2n) is 3.27. The summed E-state index contributed by atoms with van der Waals surface area (Å²) in [7, 11) is 0. The van der Waals surface area contributed by atoms with Gasteiger partial charge >= 0.3 is 0 Å². The molecule has 1 unspecified atom stereocenters. The zero-order chi connectivity index (χ0) is 9.26. The van der Waals surface area contributed by atoms with Gasteiger partial charge in [-0.15, -0.1) is 0 Å². The minimum Gasteiger partial charge on any atom is -0.330 e. The Kier molecular flexibility index (Phi) is 2.02. The highest BCUT2D eigenvalue weighted by molar-refractivity contribution is 5.94. The minimum absolute atomic E-state index is 0.0640. The summed E-state index contributed by atoms with van der Waals surface area (Å²) in [5.41, 5.74) is 7.67. The van der Waals surface area contributed by atoms with E-state index in [0.29, 0.717) is 13.0 Å². The molecule has 1 amide bonds. The van der Waals surface area contributed by atoms with Crippen molar-refractivity contribution in [1.29, 1.82) is 0 Å². The van der Waals surface area contributed by atoms with E-state index in [1.807, 2.05) is 24.3 Å². The topological polar surface area (TPSA) is 55.1 Å². The average Bonchev–Trinajstić information content (AvgIpc) is 2.16. The summed E-state index contributed by atoms with van der Waals surface area (Å²) in [6.07, 6.45) is 0.507. The lowest BCUT2D eigenvalue weighted by molar-refractivity contribution is -0.116. The van der Waals surface area contributed by atoms with Crippen LogP contribution in [-0.4, -0.2) is 12.5 Å². The molecule has 1 aliphatic heterocycles. The first kappa shape index (κ1) is 8.26. The molecular formula is C10H12N2O. The van der Waals surface area contributed by atoms with E-state index in [2.05, 4.69) is 5.32 Å². The molecule has 13 heavy (non-hydrogen) atoms. The van der Waals surface area contributed by atoms with Gasteiger partial charge in [-0.1, -0.05) is 18.2 Å². The molecule has 0 spiro atoms. The fraction of sp³-hybridized carbons (Fsp3) is 0.300. The van der Waals surface area contributed by atoms with Crippen molar-refractivity contribution in [2.75, 3.05) is 11.9 Å². The highest BCUT2D eigenvalue weighted by atomic mass is 16.1. The molecule has 0 aliphatic carbocycles. The van der Waals surface area contributed by atoms with E-state index in [0.717, 1.165) is 11.3 Å². The van der Waals surface area contributed by atoms with Gasteiger partial charge in [0.05, 0.1) is 0 Å². The Balaban J connectivity index is 2.42. The second kappa shape index (κ2) is 3.18. The molecule has 0 bridgehead atoms. The molecule has 0 saturated heterocycles. The quantitative estimate of drug-likeness (QED) is 0.672. The molecule has 3 nitrogen and oxygen atoms in total. The van der Waals surface area contributed by atoms with Gasteiger partial charge in [-0.3, -0.25) is 4.79 Å². The fourth-order valence-corrected chi connectivity index (χ4v) is 1.71. The van der Waals surface area contributed by atoms with Crippen LogP contribution >= 0.6 is 0 Å². The van der Waals surface area contributed by atoms with Crippen LogP contribution in [0.3, 0.4) is 0 Å². The normalized spacial score (nSPS) is 20.7. The Morgan fingerprint density at radius 2 is 2.23 bits per heavy atom.